The van der Waals surface area contributed by atoms with E-state index >= 15 is 0 Å². The maximum absolute atomic E-state index is 12.8. The second-order valence-corrected chi connectivity index (χ2v) is 5.11. The standard InChI is InChI=1S/C18H18O3/c1-12(2)13-8-4-5-9-14(13)17(19)15-10-6-7-11-16(15)18(20)21-3/h4-12H,1-3H3. The number of benzene rings is 2. The lowest BCUT2D eigenvalue weighted by molar-refractivity contribution is 0.0597. The molecule has 0 unspecified atom stereocenters. The van der Waals surface area contributed by atoms with Crippen molar-refractivity contribution in [3.8, 4) is 0 Å². The largest absolute Gasteiger partial charge is 0.465 e. The van der Waals surface area contributed by atoms with Gasteiger partial charge in [-0.3, -0.25) is 4.79 Å². The Labute approximate surface area is 124 Å². The Morgan fingerprint density at radius 3 is 1.95 bits per heavy atom. The van der Waals surface area contributed by atoms with Crippen LogP contribution in [0.5, 0.6) is 0 Å². The van der Waals surface area contributed by atoms with Crippen LogP contribution >= 0.6 is 0 Å². The minimum Gasteiger partial charge on any atom is -0.465 e. The maximum Gasteiger partial charge on any atom is 0.338 e. The third kappa shape index (κ3) is 3.02. The van der Waals surface area contributed by atoms with E-state index in [0.29, 0.717) is 16.7 Å². The van der Waals surface area contributed by atoms with Crippen LogP contribution in [0.1, 0.15) is 51.6 Å². The number of hydrogen-bond acceptors (Lipinski definition) is 3. The molecule has 0 amide bonds. The molecular weight excluding hydrogens is 264 g/mol. The highest BCUT2D eigenvalue weighted by atomic mass is 16.5. The molecular formula is C18H18O3. The molecule has 21 heavy (non-hydrogen) atoms. The van der Waals surface area contributed by atoms with Crippen molar-refractivity contribution in [2.75, 3.05) is 7.11 Å². The number of ether oxygens (including phenoxy) is 1. The van der Waals surface area contributed by atoms with Gasteiger partial charge < -0.3 is 4.74 Å². The molecule has 0 saturated carbocycles. The summed E-state index contributed by atoms with van der Waals surface area (Å²) >= 11 is 0. The molecule has 0 bridgehead atoms. The van der Waals surface area contributed by atoms with Crippen molar-refractivity contribution < 1.29 is 14.3 Å². The van der Waals surface area contributed by atoms with Gasteiger partial charge in [0.05, 0.1) is 12.7 Å². The van der Waals surface area contributed by atoms with Gasteiger partial charge >= 0.3 is 5.97 Å². The van der Waals surface area contributed by atoms with Gasteiger partial charge in [-0.05, 0) is 17.5 Å². The highest BCUT2D eigenvalue weighted by molar-refractivity contribution is 6.15. The molecule has 0 spiro atoms. The monoisotopic (exact) mass is 282 g/mol. The molecule has 2 aromatic rings. The first-order valence-electron chi connectivity index (χ1n) is 6.87. The molecule has 3 nitrogen and oxygen atoms in total. The van der Waals surface area contributed by atoms with E-state index in [1.54, 1.807) is 30.3 Å². The Balaban J connectivity index is 2.54. The van der Waals surface area contributed by atoms with Crippen molar-refractivity contribution in [3.05, 3.63) is 70.8 Å². The van der Waals surface area contributed by atoms with Crippen molar-refractivity contribution in [2.45, 2.75) is 19.8 Å². The average Bonchev–Trinajstić information content (AvgIpc) is 2.53. The average molecular weight is 282 g/mol. The van der Waals surface area contributed by atoms with Crippen molar-refractivity contribution in [1.29, 1.82) is 0 Å². The molecule has 108 valence electrons. The zero-order valence-electron chi connectivity index (χ0n) is 12.4. The van der Waals surface area contributed by atoms with E-state index in [9.17, 15) is 9.59 Å². The van der Waals surface area contributed by atoms with Crippen molar-refractivity contribution >= 4 is 11.8 Å². The molecule has 0 aliphatic carbocycles. The lowest BCUT2D eigenvalue weighted by atomic mass is 9.90. The van der Waals surface area contributed by atoms with Gasteiger partial charge in [0, 0.05) is 11.1 Å². The van der Waals surface area contributed by atoms with Crippen LogP contribution in [-0.2, 0) is 4.74 Å². The summed E-state index contributed by atoms with van der Waals surface area (Å²) in [7, 11) is 1.31. The van der Waals surface area contributed by atoms with Gasteiger partial charge in [-0.15, -0.1) is 0 Å². The summed E-state index contributed by atoms with van der Waals surface area (Å²) in [4.78, 5) is 24.6. The molecule has 0 heterocycles. The highest BCUT2D eigenvalue weighted by Gasteiger charge is 2.20. The number of carbonyl (C=O) groups is 2. The Morgan fingerprint density at radius 1 is 0.857 bits per heavy atom. The van der Waals surface area contributed by atoms with E-state index in [0.717, 1.165) is 5.56 Å². The Hall–Kier alpha value is -2.42. The molecule has 0 aliphatic rings. The fourth-order valence-electron chi connectivity index (χ4n) is 2.32. The number of ketones is 1. The van der Waals surface area contributed by atoms with Crippen LogP contribution in [0.15, 0.2) is 48.5 Å². The number of esters is 1. The van der Waals surface area contributed by atoms with Crippen LogP contribution in [0.3, 0.4) is 0 Å². The number of rotatable bonds is 4. The lowest BCUT2D eigenvalue weighted by Gasteiger charge is -2.13. The predicted octanol–water partition coefficient (Wildman–Crippen LogP) is 3.83. The molecule has 0 fully saturated rings. The lowest BCUT2D eigenvalue weighted by Crippen LogP contribution is -2.13. The quantitative estimate of drug-likeness (QED) is 0.632. The van der Waals surface area contributed by atoms with E-state index in [1.807, 2.05) is 32.0 Å². The molecule has 0 aliphatic heterocycles. The van der Waals surface area contributed by atoms with Gasteiger partial charge in [-0.2, -0.15) is 0 Å². The first kappa shape index (κ1) is 15.0. The Kier molecular flexibility index (Phi) is 4.53. The van der Waals surface area contributed by atoms with Crippen molar-refractivity contribution in [2.24, 2.45) is 0 Å². The summed E-state index contributed by atoms with van der Waals surface area (Å²) < 4.78 is 4.75. The van der Waals surface area contributed by atoms with Crippen LogP contribution in [0.4, 0.5) is 0 Å². The summed E-state index contributed by atoms with van der Waals surface area (Å²) in [6, 6.07) is 14.2. The second-order valence-electron chi connectivity index (χ2n) is 5.11. The van der Waals surface area contributed by atoms with Gasteiger partial charge in [0.2, 0.25) is 0 Å². The Morgan fingerprint density at radius 2 is 1.38 bits per heavy atom. The maximum atomic E-state index is 12.8. The Bertz CT molecular complexity index is 672. The van der Waals surface area contributed by atoms with E-state index in [-0.39, 0.29) is 11.7 Å². The summed E-state index contributed by atoms with van der Waals surface area (Å²) in [5.41, 5.74) is 2.27. The molecule has 2 rings (SSSR count). The molecule has 0 N–H and O–H groups in total. The smallest absolute Gasteiger partial charge is 0.338 e. The van der Waals surface area contributed by atoms with E-state index in [4.69, 9.17) is 4.74 Å². The van der Waals surface area contributed by atoms with Gasteiger partial charge in [-0.1, -0.05) is 56.3 Å². The summed E-state index contributed by atoms with van der Waals surface area (Å²) in [6.07, 6.45) is 0. The molecule has 0 atom stereocenters. The van der Waals surface area contributed by atoms with E-state index < -0.39 is 5.97 Å². The van der Waals surface area contributed by atoms with Gasteiger partial charge in [-0.25, -0.2) is 4.79 Å². The van der Waals surface area contributed by atoms with Crippen LogP contribution in [-0.4, -0.2) is 18.9 Å². The minimum atomic E-state index is -0.499. The predicted molar refractivity (Wildman–Crippen MR) is 81.7 cm³/mol. The third-order valence-electron chi connectivity index (χ3n) is 3.40. The minimum absolute atomic E-state index is 0.152. The fourth-order valence-corrected chi connectivity index (χ4v) is 2.32. The normalized spacial score (nSPS) is 10.5. The zero-order valence-corrected chi connectivity index (χ0v) is 12.4. The van der Waals surface area contributed by atoms with Gasteiger partial charge in [0.1, 0.15) is 0 Å². The van der Waals surface area contributed by atoms with Crippen LogP contribution in [0.2, 0.25) is 0 Å². The molecule has 0 saturated heterocycles. The van der Waals surface area contributed by atoms with Gasteiger partial charge in [0.15, 0.2) is 5.78 Å². The van der Waals surface area contributed by atoms with Gasteiger partial charge in [0.25, 0.3) is 0 Å². The van der Waals surface area contributed by atoms with E-state index in [1.165, 1.54) is 7.11 Å². The molecule has 3 heteroatoms. The third-order valence-corrected chi connectivity index (χ3v) is 3.40. The molecule has 0 radical (unpaired) electrons. The molecule has 0 aromatic heterocycles. The van der Waals surface area contributed by atoms with E-state index in [2.05, 4.69) is 0 Å². The van der Waals surface area contributed by atoms with Crippen LogP contribution < -0.4 is 0 Å². The number of methoxy groups -OCH3 is 1. The van der Waals surface area contributed by atoms with Crippen LogP contribution in [0, 0.1) is 0 Å². The summed E-state index contributed by atoms with van der Waals surface area (Å²) in [6.45, 7) is 4.08. The first-order valence-corrected chi connectivity index (χ1v) is 6.87. The number of hydrogen-bond donors (Lipinski definition) is 0. The molecule has 2 aromatic carbocycles. The highest BCUT2D eigenvalue weighted by Crippen LogP contribution is 2.23. The summed E-state index contributed by atoms with van der Waals surface area (Å²) in [5.74, 6) is -0.420. The fraction of sp³-hybridized carbons (Fsp3) is 0.222. The zero-order chi connectivity index (χ0) is 15.4. The topological polar surface area (TPSA) is 43.4 Å². The van der Waals surface area contributed by atoms with Crippen LogP contribution in [0.25, 0.3) is 0 Å². The summed E-state index contributed by atoms with van der Waals surface area (Å²) in [5, 5.41) is 0. The second kappa shape index (κ2) is 6.35. The van der Waals surface area contributed by atoms with Crippen molar-refractivity contribution in [1.82, 2.24) is 0 Å². The number of carbonyl (C=O) groups excluding carboxylic acids is 2. The SMILES string of the molecule is COC(=O)c1ccccc1C(=O)c1ccccc1C(C)C. The first-order chi connectivity index (χ1) is 10.1. The van der Waals surface area contributed by atoms with Crippen molar-refractivity contribution in [3.63, 3.8) is 0 Å².